The van der Waals surface area contributed by atoms with E-state index in [0.717, 1.165) is 32.8 Å². The summed E-state index contributed by atoms with van der Waals surface area (Å²) < 4.78 is 5.28. The maximum atomic E-state index is 5.28. The molecule has 0 aromatic heterocycles. The van der Waals surface area contributed by atoms with Crippen LogP contribution >= 0.6 is 0 Å². The number of hydrogen-bond donors (Lipinski definition) is 0. The van der Waals surface area contributed by atoms with Gasteiger partial charge >= 0.3 is 0 Å². The van der Waals surface area contributed by atoms with Crippen molar-refractivity contribution >= 4 is 0 Å². The van der Waals surface area contributed by atoms with Gasteiger partial charge in [0, 0.05) is 19.3 Å². The van der Waals surface area contributed by atoms with Crippen LogP contribution < -0.4 is 0 Å². The van der Waals surface area contributed by atoms with Crippen LogP contribution in [0.1, 0.15) is 0 Å². The Morgan fingerprint density at radius 3 is 3.15 bits per heavy atom. The van der Waals surface area contributed by atoms with Gasteiger partial charge in [-0.05, 0) is 0 Å². The second-order valence-electron chi connectivity index (χ2n) is 3.60. The molecule has 3 heterocycles. The fourth-order valence-corrected chi connectivity index (χ4v) is 2.13. The fourth-order valence-electron chi connectivity index (χ4n) is 2.13. The molecule has 3 aliphatic rings. The SMILES string of the molecule is [CH]1COCCN1C1CN2C=CCN12. The average molecular weight is 180 g/mol. The topological polar surface area (TPSA) is 19.0 Å². The van der Waals surface area contributed by atoms with Crippen LogP contribution in [0, 0.1) is 6.54 Å². The molecule has 1 atom stereocenters. The van der Waals surface area contributed by atoms with Crippen molar-refractivity contribution in [2.75, 3.05) is 32.8 Å². The van der Waals surface area contributed by atoms with Crippen LogP contribution in [0.4, 0.5) is 0 Å². The Labute approximate surface area is 78.3 Å². The molecule has 2 fully saturated rings. The highest BCUT2D eigenvalue weighted by molar-refractivity contribution is 5.02. The molecular formula is C9H14N3O. The summed E-state index contributed by atoms with van der Waals surface area (Å²) in [6, 6.07) is 0. The Hall–Kier alpha value is -0.580. The lowest BCUT2D eigenvalue weighted by atomic mass is 10.2. The molecule has 71 valence electrons. The van der Waals surface area contributed by atoms with Crippen molar-refractivity contribution in [2.24, 2.45) is 0 Å². The van der Waals surface area contributed by atoms with Gasteiger partial charge in [-0.15, -0.1) is 0 Å². The predicted molar refractivity (Wildman–Crippen MR) is 48.2 cm³/mol. The van der Waals surface area contributed by atoms with Crippen LogP contribution in [-0.4, -0.2) is 53.9 Å². The summed E-state index contributed by atoms with van der Waals surface area (Å²) in [5.41, 5.74) is 0. The van der Waals surface area contributed by atoms with Crippen LogP contribution in [0.5, 0.6) is 0 Å². The predicted octanol–water partition coefficient (Wildman–Crippen LogP) is -0.134. The van der Waals surface area contributed by atoms with Crippen molar-refractivity contribution in [3.05, 3.63) is 18.8 Å². The quantitative estimate of drug-likeness (QED) is 0.559. The van der Waals surface area contributed by atoms with E-state index >= 15 is 0 Å². The lowest BCUT2D eigenvalue weighted by molar-refractivity contribution is -0.173. The standard InChI is InChI=1S/C9H14N3O/c1-2-11-8-9(12(11)3-1)10-4-6-13-7-5-10/h1-2,4,9H,3,5-8H2. The number of nitrogens with zero attached hydrogens (tertiary/aromatic N) is 3. The monoisotopic (exact) mass is 180 g/mol. The third kappa shape index (κ3) is 1.17. The van der Waals surface area contributed by atoms with E-state index in [1.807, 2.05) is 0 Å². The summed E-state index contributed by atoms with van der Waals surface area (Å²) in [6.45, 7) is 7.05. The summed E-state index contributed by atoms with van der Waals surface area (Å²) >= 11 is 0. The Bertz CT molecular complexity index is 225. The van der Waals surface area contributed by atoms with Crippen LogP contribution in [0.3, 0.4) is 0 Å². The number of hydrogen-bond acceptors (Lipinski definition) is 4. The van der Waals surface area contributed by atoms with Gasteiger partial charge in [-0.3, -0.25) is 4.90 Å². The van der Waals surface area contributed by atoms with E-state index in [9.17, 15) is 0 Å². The van der Waals surface area contributed by atoms with Gasteiger partial charge in [0.2, 0.25) is 0 Å². The Balaban J connectivity index is 1.61. The average Bonchev–Trinajstić information content (AvgIpc) is 2.50. The van der Waals surface area contributed by atoms with E-state index in [2.05, 4.69) is 33.7 Å². The summed E-state index contributed by atoms with van der Waals surface area (Å²) in [6.07, 6.45) is 4.95. The van der Waals surface area contributed by atoms with Crippen molar-refractivity contribution in [1.29, 1.82) is 0 Å². The maximum absolute atomic E-state index is 5.28. The summed E-state index contributed by atoms with van der Waals surface area (Å²) in [5, 5.41) is 4.65. The summed E-state index contributed by atoms with van der Waals surface area (Å²) in [4.78, 5) is 2.40. The molecule has 0 amide bonds. The molecule has 2 saturated heterocycles. The Kier molecular flexibility index (Phi) is 1.78. The van der Waals surface area contributed by atoms with Crippen molar-refractivity contribution < 1.29 is 4.74 Å². The van der Waals surface area contributed by atoms with Crippen LogP contribution in [0.2, 0.25) is 0 Å². The molecule has 4 nitrogen and oxygen atoms in total. The van der Waals surface area contributed by atoms with Gasteiger partial charge in [0.15, 0.2) is 0 Å². The first-order chi connectivity index (χ1) is 6.45. The second-order valence-corrected chi connectivity index (χ2v) is 3.60. The molecular weight excluding hydrogens is 166 g/mol. The molecule has 0 bridgehead atoms. The van der Waals surface area contributed by atoms with Crippen LogP contribution in [-0.2, 0) is 4.74 Å². The molecule has 4 heteroatoms. The van der Waals surface area contributed by atoms with Crippen LogP contribution in [0.25, 0.3) is 0 Å². The number of hydrazine groups is 1. The van der Waals surface area contributed by atoms with Crippen molar-refractivity contribution in [2.45, 2.75) is 6.17 Å². The minimum Gasteiger partial charge on any atom is -0.378 e. The highest BCUT2D eigenvalue weighted by Gasteiger charge is 2.40. The molecule has 0 spiro atoms. The summed E-state index contributed by atoms with van der Waals surface area (Å²) in [5.74, 6) is 0. The van der Waals surface area contributed by atoms with E-state index in [0.29, 0.717) is 6.17 Å². The summed E-state index contributed by atoms with van der Waals surface area (Å²) in [7, 11) is 0. The Morgan fingerprint density at radius 2 is 2.38 bits per heavy atom. The van der Waals surface area contributed by atoms with Crippen molar-refractivity contribution in [1.82, 2.24) is 14.9 Å². The lowest BCUT2D eigenvalue weighted by Crippen LogP contribution is -2.67. The van der Waals surface area contributed by atoms with E-state index in [1.165, 1.54) is 0 Å². The number of fused-ring (bicyclic) bond motifs is 1. The van der Waals surface area contributed by atoms with Crippen LogP contribution in [0.15, 0.2) is 12.3 Å². The van der Waals surface area contributed by atoms with Gasteiger partial charge < -0.3 is 9.75 Å². The van der Waals surface area contributed by atoms with Gasteiger partial charge in [0.1, 0.15) is 6.17 Å². The zero-order valence-corrected chi connectivity index (χ0v) is 7.59. The molecule has 0 N–H and O–H groups in total. The lowest BCUT2D eigenvalue weighted by Gasteiger charge is -2.52. The van der Waals surface area contributed by atoms with E-state index in [1.54, 1.807) is 0 Å². The fraction of sp³-hybridized carbons (Fsp3) is 0.667. The number of ether oxygens (including phenoxy) is 1. The minimum absolute atomic E-state index is 0.582. The highest BCUT2D eigenvalue weighted by Crippen LogP contribution is 2.27. The zero-order chi connectivity index (χ0) is 8.67. The molecule has 13 heavy (non-hydrogen) atoms. The molecule has 0 aromatic rings. The first kappa shape index (κ1) is 7.79. The molecule has 1 radical (unpaired) electrons. The van der Waals surface area contributed by atoms with E-state index in [-0.39, 0.29) is 0 Å². The third-order valence-corrected chi connectivity index (χ3v) is 2.90. The largest absolute Gasteiger partial charge is 0.378 e. The Morgan fingerprint density at radius 1 is 1.38 bits per heavy atom. The van der Waals surface area contributed by atoms with Crippen molar-refractivity contribution in [3.8, 4) is 0 Å². The minimum atomic E-state index is 0.582. The maximum Gasteiger partial charge on any atom is 0.101 e. The molecule has 3 rings (SSSR count). The molecule has 0 aliphatic carbocycles. The third-order valence-electron chi connectivity index (χ3n) is 2.90. The highest BCUT2D eigenvalue weighted by atomic mass is 16.5. The first-order valence-electron chi connectivity index (χ1n) is 4.82. The molecule has 0 aromatic carbocycles. The second kappa shape index (κ2) is 2.97. The number of morpholine rings is 1. The zero-order valence-electron chi connectivity index (χ0n) is 7.59. The van der Waals surface area contributed by atoms with E-state index in [4.69, 9.17) is 4.74 Å². The molecule has 0 saturated carbocycles. The molecule has 3 aliphatic heterocycles. The first-order valence-corrected chi connectivity index (χ1v) is 4.82. The number of rotatable bonds is 1. The van der Waals surface area contributed by atoms with Gasteiger partial charge in [0.05, 0.1) is 26.3 Å². The van der Waals surface area contributed by atoms with Gasteiger partial charge in [-0.1, -0.05) is 6.08 Å². The van der Waals surface area contributed by atoms with Gasteiger partial charge in [0.25, 0.3) is 0 Å². The van der Waals surface area contributed by atoms with E-state index < -0.39 is 0 Å². The molecule has 1 unspecified atom stereocenters. The van der Waals surface area contributed by atoms with Crippen molar-refractivity contribution in [3.63, 3.8) is 0 Å². The van der Waals surface area contributed by atoms with Gasteiger partial charge in [-0.2, -0.15) is 5.01 Å². The normalized spacial score (nSPS) is 34.8. The smallest absolute Gasteiger partial charge is 0.101 e. The van der Waals surface area contributed by atoms with Gasteiger partial charge in [-0.25, -0.2) is 0 Å².